The van der Waals surface area contributed by atoms with Gasteiger partial charge in [-0.25, -0.2) is 13.4 Å². The zero-order valence-electron chi connectivity index (χ0n) is 18.4. The van der Waals surface area contributed by atoms with Crippen LogP contribution in [0.3, 0.4) is 0 Å². The van der Waals surface area contributed by atoms with Gasteiger partial charge in [-0.2, -0.15) is 0 Å². The minimum atomic E-state index is -3.91. The van der Waals surface area contributed by atoms with E-state index in [4.69, 9.17) is 0 Å². The molecule has 1 N–H and O–H groups in total. The minimum Gasteiger partial charge on any atom is -0.354 e. The molecule has 0 radical (unpaired) electrons. The Labute approximate surface area is 194 Å². The Kier molecular flexibility index (Phi) is 7.93. The van der Waals surface area contributed by atoms with Crippen LogP contribution >= 0.6 is 11.8 Å². The summed E-state index contributed by atoms with van der Waals surface area (Å²) in [6.07, 6.45) is 1.72. The van der Waals surface area contributed by atoms with Gasteiger partial charge in [0.1, 0.15) is 6.54 Å². The average molecular weight is 470 g/mol. The zero-order valence-corrected chi connectivity index (χ0v) is 20.0. The number of aryl methyl sites for hydroxylation is 3. The number of nitrogens with one attached hydrogen (secondary N) is 1. The Bertz CT molecular complexity index is 1160. The number of carbonyl (C=O) groups is 1. The van der Waals surface area contributed by atoms with Crippen molar-refractivity contribution < 1.29 is 13.2 Å². The minimum absolute atomic E-state index is 0.153. The van der Waals surface area contributed by atoms with Crippen molar-refractivity contribution in [1.29, 1.82) is 0 Å². The predicted molar refractivity (Wildman–Crippen MR) is 130 cm³/mol. The van der Waals surface area contributed by atoms with Crippen molar-refractivity contribution in [3.8, 4) is 0 Å². The molecule has 0 spiro atoms. The molecule has 6 nitrogen and oxygen atoms in total. The lowest BCUT2D eigenvalue weighted by Gasteiger charge is -2.25. The van der Waals surface area contributed by atoms with Gasteiger partial charge in [-0.05, 0) is 68.3 Å². The van der Waals surface area contributed by atoms with Gasteiger partial charge in [-0.1, -0.05) is 29.8 Å². The number of pyridine rings is 1. The second kappa shape index (κ2) is 10.7. The van der Waals surface area contributed by atoms with E-state index in [1.54, 1.807) is 42.6 Å². The topological polar surface area (TPSA) is 79.4 Å². The fourth-order valence-electron chi connectivity index (χ4n) is 3.00. The molecular formula is C24H27N3O3S2. The molecule has 1 heterocycles. The molecule has 0 aliphatic heterocycles. The number of nitrogens with zero attached hydrogens (tertiary/aromatic N) is 2. The number of benzene rings is 2. The molecule has 0 atom stereocenters. The van der Waals surface area contributed by atoms with Crippen LogP contribution in [0.4, 0.5) is 5.69 Å². The van der Waals surface area contributed by atoms with E-state index in [1.807, 2.05) is 45.0 Å². The van der Waals surface area contributed by atoms with E-state index in [2.05, 4.69) is 10.3 Å². The number of thioether (sulfide) groups is 1. The van der Waals surface area contributed by atoms with Gasteiger partial charge >= 0.3 is 0 Å². The number of anilines is 1. The van der Waals surface area contributed by atoms with Crippen molar-refractivity contribution >= 4 is 33.4 Å². The van der Waals surface area contributed by atoms with Gasteiger partial charge in [-0.3, -0.25) is 9.10 Å². The van der Waals surface area contributed by atoms with E-state index in [1.165, 1.54) is 16.1 Å². The summed E-state index contributed by atoms with van der Waals surface area (Å²) in [7, 11) is -3.91. The SMILES string of the molecule is Cc1ccc(S(=O)(=O)N(CC(=O)NCCSc2ccccn2)c2ccc(C)c(C)c2)cc1. The number of carbonyl (C=O) groups excluding carboxylic acids is 1. The maximum absolute atomic E-state index is 13.4. The summed E-state index contributed by atoms with van der Waals surface area (Å²) in [5.41, 5.74) is 3.44. The summed E-state index contributed by atoms with van der Waals surface area (Å²) in [5, 5.41) is 3.69. The van der Waals surface area contributed by atoms with E-state index in [9.17, 15) is 13.2 Å². The number of aromatic nitrogens is 1. The average Bonchev–Trinajstić information content (AvgIpc) is 2.78. The van der Waals surface area contributed by atoms with E-state index in [0.717, 1.165) is 21.7 Å². The van der Waals surface area contributed by atoms with Crippen LogP contribution in [0.5, 0.6) is 0 Å². The van der Waals surface area contributed by atoms with Crippen LogP contribution in [0.15, 0.2) is 76.8 Å². The first-order valence-electron chi connectivity index (χ1n) is 10.2. The highest BCUT2D eigenvalue weighted by Crippen LogP contribution is 2.26. The molecular weight excluding hydrogens is 442 g/mol. The molecule has 3 aromatic rings. The number of hydrogen-bond donors (Lipinski definition) is 1. The summed E-state index contributed by atoms with van der Waals surface area (Å²) in [6.45, 7) is 5.89. The van der Waals surface area contributed by atoms with Gasteiger partial charge in [-0.15, -0.1) is 11.8 Å². The van der Waals surface area contributed by atoms with Crippen LogP contribution in [0.1, 0.15) is 16.7 Å². The Morgan fingerprint density at radius 1 is 1.00 bits per heavy atom. The molecule has 0 saturated carbocycles. The van der Waals surface area contributed by atoms with Crippen LogP contribution in [0, 0.1) is 20.8 Å². The molecule has 0 aliphatic carbocycles. The molecule has 8 heteroatoms. The number of sulfonamides is 1. The fraction of sp³-hybridized carbons (Fsp3) is 0.250. The van der Waals surface area contributed by atoms with Gasteiger partial charge in [0.25, 0.3) is 10.0 Å². The molecule has 0 saturated heterocycles. The van der Waals surface area contributed by atoms with Gasteiger partial charge in [0.2, 0.25) is 5.91 Å². The first-order valence-corrected chi connectivity index (χ1v) is 12.7. The third-order valence-corrected chi connectivity index (χ3v) is 7.72. The van der Waals surface area contributed by atoms with Crippen molar-refractivity contribution in [3.05, 3.63) is 83.6 Å². The quantitative estimate of drug-likeness (QED) is 0.377. The van der Waals surface area contributed by atoms with Crippen molar-refractivity contribution in [1.82, 2.24) is 10.3 Å². The number of amides is 1. The Morgan fingerprint density at radius 3 is 2.41 bits per heavy atom. The maximum atomic E-state index is 13.4. The molecule has 168 valence electrons. The van der Waals surface area contributed by atoms with Gasteiger partial charge in [0, 0.05) is 18.5 Å². The maximum Gasteiger partial charge on any atom is 0.264 e. The normalized spacial score (nSPS) is 11.2. The Balaban J connectivity index is 1.75. The Morgan fingerprint density at radius 2 is 1.75 bits per heavy atom. The molecule has 3 rings (SSSR count). The van der Waals surface area contributed by atoms with Crippen LogP contribution < -0.4 is 9.62 Å². The lowest BCUT2D eigenvalue weighted by Crippen LogP contribution is -2.41. The molecule has 0 aliphatic rings. The molecule has 32 heavy (non-hydrogen) atoms. The lowest BCUT2D eigenvalue weighted by molar-refractivity contribution is -0.119. The molecule has 0 bridgehead atoms. The third kappa shape index (κ3) is 6.11. The van der Waals surface area contributed by atoms with Gasteiger partial charge < -0.3 is 5.32 Å². The lowest BCUT2D eigenvalue weighted by atomic mass is 10.1. The Hall–Kier alpha value is -2.84. The predicted octanol–water partition coefficient (Wildman–Crippen LogP) is 4.11. The molecule has 0 fully saturated rings. The van der Waals surface area contributed by atoms with Crippen molar-refractivity contribution in [2.24, 2.45) is 0 Å². The highest BCUT2D eigenvalue weighted by atomic mass is 32.2. The van der Waals surface area contributed by atoms with Crippen molar-refractivity contribution in [2.45, 2.75) is 30.7 Å². The highest BCUT2D eigenvalue weighted by molar-refractivity contribution is 7.99. The van der Waals surface area contributed by atoms with Crippen LogP contribution in [-0.4, -0.2) is 38.2 Å². The second-order valence-corrected chi connectivity index (χ2v) is 10.4. The summed E-state index contributed by atoms with van der Waals surface area (Å²) < 4.78 is 28.0. The highest BCUT2D eigenvalue weighted by Gasteiger charge is 2.27. The largest absolute Gasteiger partial charge is 0.354 e. The first-order chi connectivity index (χ1) is 15.3. The summed E-state index contributed by atoms with van der Waals surface area (Å²) in [4.78, 5) is 17.1. The molecule has 1 amide bonds. The van der Waals surface area contributed by atoms with Crippen LogP contribution in [-0.2, 0) is 14.8 Å². The third-order valence-electron chi connectivity index (χ3n) is 4.99. The van der Waals surface area contributed by atoms with E-state index in [-0.39, 0.29) is 17.3 Å². The molecule has 0 unspecified atom stereocenters. The van der Waals surface area contributed by atoms with Gasteiger partial charge in [0.15, 0.2) is 0 Å². The fourth-order valence-corrected chi connectivity index (χ4v) is 5.13. The van der Waals surface area contributed by atoms with E-state index in [0.29, 0.717) is 18.0 Å². The zero-order chi connectivity index (χ0) is 23.1. The molecule has 2 aromatic carbocycles. The number of hydrogen-bond acceptors (Lipinski definition) is 5. The first kappa shape index (κ1) is 23.8. The summed E-state index contributed by atoms with van der Waals surface area (Å²) in [6, 6.07) is 17.7. The van der Waals surface area contributed by atoms with E-state index < -0.39 is 10.0 Å². The standard InChI is InChI=1S/C24H27N3O3S2/c1-18-7-11-22(12-8-18)32(29,30)27(21-10-9-19(2)20(3)16-21)17-23(28)25-14-15-31-24-6-4-5-13-26-24/h4-13,16H,14-15,17H2,1-3H3,(H,25,28). The van der Waals surface area contributed by atoms with Crippen molar-refractivity contribution in [3.63, 3.8) is 0 Å². The second-order valence-electron chi connectivity index (χ2n) is 7.46. The smallest absolute Gasteiger partial charge is 0.264 e. The van der Waals surface area contributed by atoms with Crippen LogP contribution in [0.2, 0.25) is 0 Å². The van der Waals surface area contributed by atoms with Crippen molar-refractivity contribution in [2.75, 3.05) is 23.1 Å². The summed E-state index contributed by atoms with van der Waals surface area (Å²) >= 11 is 1.53. The van der Waals surface area contributed by atoms with Crippen LogP contribution in [0.25, 0.3) is 0 Å². The monoisotopic (exact) mass is 469 g/mol. The van der Waals surface area contributed by atoms with E-state index >= 15 is 0 Å². The summed E-state index contributed by atoms with van der Waals surface area (Å²) in [5.74, 6) is 0.275. The number of rotatable bonds is 9. The molecule has 1 aromatic heterocycles. The van der Waals surface area contributed by atoms with Gasteiger partial charge in [0.05, 0.1) is 15.6 Å².